The molecule has 0 saturated carbocycles. The number of nitrogens with one attached hydrogen (secondary N) is 1. The molecule has 0 radical (unpaired) electrons. The van der Waals surface area contributed by atoms with E-state index in [-0.39, 0.29) is 0 Å². The van der Waals surface area contributed by atoms with Gasteiger partial charge in [-0.3, -0.25) is 4.98 Å². The molecule has 3 aromatic rings. The summed E-state index contributed by atoms with van der Waals surface area (Å²) in [5, 5.41) is 11.3. The lowest BCUT2D eigenvalue weighted by atomic mass is 10.1. The molecule has 0 aromatic carbocycles. The van der Waals surface area contributed by atoms with Crippen LogP contribution in [0.4, 0.5) is 0 Å². The van der Waals surface area contributed by atoms with Crippen molar-refractivity contribution >= 4 is 11.3 Å². The molecule has 5 nitrogen and oxygen atoms in total. The smallest absolute Gasteiger partial charge is 0.259 e. The summed E-state index contributed by atoms with van der Waals surface area (Å²) >= 11 is 1.67. The van der Waals surface area contributed by atoms with E-state index in [9.17, 15) is 0 Å². The van der Waals surface area contributed by atoms with Crippen LogP contribution in [0.15, 0.2) is 33.5 Å². The maximum atomic E-state index is 5.38. The Labute approximate surface area is 133 Å². The van der Waals surface area contributed by atoms with E-state index in [4.69, 9.17) is 4.52 Å². The maximum absolute atomic E-state index is 5.38. The van der Waals surface area contributed by atoms with Crippen molar-refractivity contribution in [3.05, 3.63) is 40.5 Å². The minimum Gasteiger partial charge on any atom is -0.334 e. The van der Waals surface area contributed by atoms with Crippen molar-refractivity contribution in [3.8, 4) is 22.7 Å². The number of aryl methyl sites for hydroxylation is 1. The molecule has 3 aromatic heterocycles. The number of nitrogens with zero attached hydrogens (tertiary/aromatic N) is 3. The third-order valence-electron chi connectivity index (χ3n) is 3.58. The van der Waals surface area contributed by atoms with Crippen molar-refractivity contribution in [1.29, 1.82) is 0 Å². The Morgan fingerprint density at radius 1 is 1.27 bits per heavy atom. The fourth-order valence-corrected chi connectivity index (χ4v) is 2.83. The second-order valence-corrected chi connectivity index (χ2v) is 6.03. The fraction of sp³-hybridized carbons (Fsp3) is 0.312. The van der Waals surface area contributed by atoms with Crippen LogP contribution >= 0.6 is 11.3 Å². The monoisotopic (exact) mass is 314 g/mol. The maximum Gasteiger partial charge on any atom is 0.259 e. The Balaban J connectivity index is 1.86. The van der Waals surface area contributed by atoms with Crippen LogP contribution in [0.1, 0.15) is 18.4 Å². The SMILES string of the molecule is CNC(C)Cc1noc(-c2ccc(-c3ccsc3)nc2C)n1. The summed E-state index contributed by atoms with van der Waals surface area (Å²) in [5.74, 6) is 1.23. The van der Waals surface area contributed by atoms with Crippen LogP contribution in [-0.4, -0.2) is 28.2 Å². The first-order valence-corrected chi connectivity index (χ1v) is 8.12. The van der Waals surface area contributed by atoms with Gasteiger partial charge in [-0.05, 0) is 44.5 Å². The van der Waals surface area contributed by atoms with Crippen molar-refractivity contribution in [3.63, 3.8) is 0 Å². The number of aromatic nitrogens is 3. The number of thiophene rings is 1. The van der Waals surface area contributed by atoms with E-state index >= 15 is 0 Å². The Hall–Kier alpha value is -2.05. The molecule has 114 valence electrons. The highest BCUT2D eigenvalue weighted by molar-refractivity contribution is 7.08. The molecule has 0 spiro atoms. The van der Waals surface area contributed by atoms with Gasteiger partial charge in [0.2, 0.25) is 0 Å². The zero-order chi connectivity index (χ0) is 15.5. The molecular weight excluding hydrogens is 296 g/mol. The molecule has 1 unspecified atom stereocenters. The van der Waals surface area contributed by atoms with Crippen LogP contribution in [-0.2, 0) is 6.42 Å². The molecule has 0 bridgehead atoms. The average molecular weight is 314 g/mol. The zero-order valence-electron chi connectivity index (χ0n) is 12.8. The first kappa shape index (κ1) is 14.9. The molecule has 0 saturated heterocycles. The molecule has 0 amide bonds. The van der Waals surface area contributed by atoms with Gasteiger partial charge in [0.15, 0.2) is 5.82 Å². The molecule has 1 atom stereocenters. The normalized spacial score (nSPS) is 12.5. The van der Waals surface area contributed by atoms with Crippen LogP contribution in [0.2, 0.25) is 0 Å². The second kappa shape index (κ2) is 6.37. The van der Waals surface area contributed by atoms with Crippen LogP contribution < -0.4 is 5.32 Å². The largest absolute Gasteiger partial charge is 0.334 e. The molecule has 0 aliphatic heterocycles. The highest BCUT2D eigenvalue weighted by atomic mass is 32.1. The molecule has 0 aliphatic carbocycles. The molecule has 22 heavy (non-hydrogen) atoms. The van der Waals surface area contributed by atoms with E-state index in [1.807, 2.05) is 31.5 Å². The van der Waals surface area contributed by atoms with Crippen LogP contribution in [0, 0.1) is 6.92 Å². The average Bonchev–Trinajstić information content (AvgIpc) is 3.18. The van der Waals surface area contributed by atoms with Gasteiger partial charge in [-0.1, -0.05) is 5.16 Å². The minimum absolute atomic E-state index is 0.311. The Kier molecular flexibility index (Phi) is 4.31. The standard InChI is InChI=1S/C16H18N4OS/c1-10(17-3)8-15-19-16(21-20-15)13-4-5-14(18-11(13)2)12-6-7-22-9-12/h4-7,9-10,17H,8H2,1-3H3. The van der Waals surface area contributed by atoms with E-state index in [0.29, 0.717) is 17.8 Å². The van der Waals surface area contributed by atoms with E-state index < -0.39 is 0 Å². The van der Waals surface area contributed by atoms with Crippen molar-refractivity contribution < 1.29 is 4.52 Å². The molecule has 0 aliphatic rings. The quantitative estimate of drug-likeness (QED) is 0.782. The highest BCUT2D eigenvalue weighted by Crippen LogP contribution is 2.26. The van der Waals surface area contributed by atoms with Crippen LogP contribution in [0.25, 0.3) is 22.7 Å². The van der Waals surface area contributed by atoms with Crippen LogP contribution in [0.3, 0.4) is 0 Å². The predicted octanol–water partition coefficient (Wildman–Crippen LogP) is 3.32. The van der Waals surface area contributed by atoms with Gasteiger partial charge in [-0.15, -0.1) is 0 Å². The molecular formula is C16H18N4OS. The number of hydrogen-bond donors (Lipinski definition) is 1. The minimum atomic E-state index is 0.311. The highest BCUT2D eigenvalue weighted by Gasteiger charge is 2.14. The lowest BCUT2D eigenvalue weighted by Gasteiger charge is -2.05. The summed E-state index contributed by atoms with van der Waals surface area (Å²) < 4.78 is 5.38. The molecule has 0 fully saturated rings. The van der Waals surface area contributed by atoms with E-state index in [1.165, 1.54) is 0 Å². The van der Waals surface area contributed by atoms with Gasteiger partial charge in [0.1, 0.15) is 0 Å². The van der Waals surface area contributed by atoms with Gasteiger partial charge < -0.3 is 9.84 Å². The predicted molar refractivity (Wildman–Crippen MR) is 87.8 cm³/mol. The van der Waals surface area contributed by atoms with Gasteiger partial charge in [0, 0.05) is 23.4 Å². The van der Waals surface area contributed by atoms with Gasteiger partial charge in [-0.25, -0.2) is 0 Å². The van der Waals surface area contributed by atoms with Crippen molar-refractivity contribution in [1.82, 2.24) is 20.4 Å². The summed E-state index contributed by atoms with van der Waals surface area (Å²) in [6, 6.07) is 6.36. The fourth-order valence-electron chi connectivity index (χ4n) is 2.18. The Bertz CT molecular complexity index is 751. The summed E-state index contributed by atoms with van der Waals surface area (Å²) in [7, 11) is 1.92. The van der Waals surface area contributed by atoms with E-state index in [1.54, 1.807) is 11.3 Å². The topological polar surface area (TPSA) is 63.8 Å². The molecule has 1 N–H and O–H groups in total. The first-order valence-electron chi connectivity index (χ1n) is 7.18. The zero-order valence-corrected chi connectivity index (χ0v) is 13.6. The number of likely N-dealkylation sites (N-methyl/N-ethyl adjacent to an activating group) is 1. The lowest BCUT2D eigenvalue weighted by molar-refractivity contribution is 0.418. The lowest BCUT2D eigenvalue weighted by Crippen LogP contribution is -2.24. The summed E-state index contributed by atoms with van der Waals surface area (Å²) in [6.07, 6.45) is 0.736. The third-order valence-corrected chi connectivity index (χ3v) is 4.27. The third kappa shape index (κ3) is 3.08. The van der Waals surface area contributed by atoms with Gasteiger partial charge in [-0.2, -0.15) is 16.3 Å². The Morgan fingerprint density at radius 3 is 2.82 bits per heavy atom. The Morgan fingerprint density at radius 2 is 2.14 bits per heavy atom. The molecule has 3 rings (SSSR count). The van der Waals surface area contributed by atoms with Crippen molar-refractivity contribution in [2.75, 3.05) is 7.05 Å². The van der Waals surface area contributed by atoms with E-state index in [0.717, 1.165) is 28.9 Å². The van der Waals surface area contributed by atoms with Gasteiger partial charge in [0.25, 0.3) is 5.89 Å². The second-order valence-electron chi connectivity index (χ2n) is 5.25. The summed E-state index contributed by atoms with van der Waals surface area (Å²) in [5.41, 5.74) is 3.87. The van der Waals surface area contributed by atoms with Crippen LogP contribution in [0.5, 0.6) is 0 Å². The molecule has 3 heterocycles. The van der Waals surface area contributed by atoms with Crippen molar-refractivity contribution in [2.24, 2.45) is 0 Å². The summed E-state index contributed by atoms with van der Waals surface area (Å²) in [6.45, 7) is 4.05. The molecule has 6 heteroatoms. The van der Waals surface area contributed by atoms with E-state index in [2.05, 4.69) is 38.8 Å². The van der Waals surface area contributed by atoms with Gasteiger partial charge >= 0.3 is 0 Å². The van der Waals surface area contributed by atoms with Crippen molar-refractivity contribution in [2.45, 2.75) is 26.3 Å². The number of hydrogen-bond acceptors (Lipinski definition) is 6. The summed E-state index contributed by atoms with van der Waals surface area (Å²) in [4.78, 5) is 9.11. The first-order chi connectivity index (χ1) is 10.7. The number of rotatable bonds is 5. The van der Waals surface area contributed by atoms with Gasteiger partial charge in [0.05, 0.1) is 17.0 Å². The number of pyridine rings is 1.